The summed E-state index contributed by atoms with van der Waals surface area (Å²) < 4.78 is 2.71. The largest absolute Gasteiger partial charge is 0.356 e. The van der Waals surface area contributed by atoms with Gasteiger partial charge < -0.3 is 5.32 Å². The van der Waals surface area contributed by atoms with Crippen LogP contribution in [-0.4, -0.2) is 0 Å². The first-order chi connectivity index (χ1) is 22.1. The third-order valence-corrected chi connectivity index (χ3v) is 11.0. The molecule has 0 radical (unpaired) electrons. The zero-order chi connectivity index (χ0) is 30.1. The Kier molecular flexibility index (Phi) is 5.78. The van der Waals surface area contributed by atoms with E-state index in [-0.39, 0.29) is 5.41 Å². The van der Waals surface area contributed by atoms with Crippen molar-refractivity contribution in [2.75, 3.05) is 5.32 Å². The molecule has 8 aromatic rings. The average molecular weight is 594 g/mol. The highest BCUT2D eigenvalue weighted by Gasteiger charge is 2.36. The molecule has 0 atom stereocenters. The fourth-order valence-electron chi connectivity index (χ4n) is 7.38. The Morgan fingerprint density at radius 3 is 1.82 bits per heavy atom. The summed E-state index contributed by atoms with van der Waals surface area (Å²) in [6.45, 7) is 4.68. The molecule has 1 nitrogen and oxygen atoms in total. The highest BCUT2D eigenvalue weighted by Crippen LogP contribution is 2.52. The molecule has 1 heterocycles. The lowest BCUT2D eigenvalue weighted by atomic mass is 9.82. The molecule has 2 heteroatoms. The molecule has 7 aromatic carbocycles. The standard InChI is InChI=1S/C43H31NS/c1-43(2)38-15-6-5-11-37(38)40-32(12-8-16-39(40)43)28-17-22-30(23-18-28)44-31-24-19-29(20-25-31)34-13-7-14-35-36-26-21-27-9-3-4-10-33(27)42(36)45-41(34)35/h3-26,44H,1-2H3. The van der Waals surface area contributed by atoms with Crippen molar-refractivity contribution >= 4 is 53.7 Å². The number of nitrogens with one attached hydrogen (secondary N) is 1. The van der Waals surface area contributed by atoms with E-state index in [9.17, 15) is 0 Å². The lowest BCUT2D eigenvalue weighted by Crippen LogP contribution is -2.14. The Hall–Kier alpha value is -5.18. The molecule has 9 rings (SSSR count). The molecule has 1 N–H and O–H groups in total. The van der Waals surface area contributed by atoms with Crippen LogP contribution < -0.4 is 5.32 Å². The van der Waals surface area contributed by atoms with Crippen molar-refractivity contribution in [3.8, 4) is 33.4 Å². The normalized spacial score (nSPS) is 13.3. The number of anilines is 2. The van der Waals surface area contributed by atoms with Gasteiger partial charge in [0.1, 0.15) is 0 Å². The van der Waals surface area contributed by atoms with Crippen LogP contribution in [0.1, 0.15) is 25.0 Å². The maximum atomic E-state index is 3.62. The molecular weight excluding hydrogens is 563 g/mol. The quantitative estimate of drug-likeness (QED) is 0.214. The van der Waals surface area contributed by atoms with E-state index < -0.39 is 0 Å². The highest BCUT2D eigenvalue weighted by molar-refractivity contribution is 7.27. The predicted molar refractivity (Wildman–Crippen MR) is 195 cm³/mol. The number of hydrogen-bond donors (Lipinski definition) is 1. The van der Waals surface area contributed by atoms with Gasteiger partial charge in [0.2, 0.25) is 0 Å². The van der Waals surface area contributed by atoms with Crippen LogP contribution in [0.25, 0.3) is 64.3 Å². The van der Waals surface area contributed by atoms with Crippen molar-refractivity contribution in [1.82, 2.24) is 0 Å². The number of fused-ring (bicyclic) bond motifs is 8. The van der Waals surface area contributed by atoms with E-state index in [2.05, 4.69) is 165 Å². The molecule has 0 unspecified atom stereocenters. The maximum absolute atomic E-state index is 3.62. The number of thiophene rings is 1. The van der Waals surface area contributed by atoms with Gasteiger partial charge >= 0.3 is 0 Å². The Balaban J connectivity index is 1.01. The van der Waals surface area contributed by atoms with Crippen LogP contribution in [0.2, 0.25) is 0 Å². The first-order valence-electron chi connectivity index (χ1n) is 15.6. The van der Waals surface area contributed by atoms with Gasteiger partial charge in [-0.05, 0) is 79.5 Å². The van der Waals surface area contributed by atoms with E-state index in [1.807, 2.05) is 11.3 Å². The second-order valence-corrected chi connectivity index (χ2v) is 13.6. The lowest BCUT2D eigenvalue weighted by molar-refractivity contribution is 0.660. The number of rotatable bonds is 4. The Morgan fingerprint density at radius 1 is 0.444 bits per heavy atom. The molecule has 1 aromatic heterocycles. The second-order valence-electron chi connectivity index (χ2n) is 12.6. The van der Waals surface area contributed by atoms with Gasteiger partial charge in [0.05, 0.1) is 0 Å². The summed E-state index contributed by atoms with van der Waals surface area (Å²) in [4.78, 5) is 0. The van der Waals surface area contributed by atoms with E-state index in [0.717, 1.165) is 11.4 Å². The smallest absolute Gasteiger partial charge is 0.0434 e. The van der Waals surface area contributed by atoms with Crippen LogP contribution in [-0.2, 0) is 5.41 Å². The monoisotopic (exact) mass is 593 g/mol. The van der Waals surface area contributed by atoms with Gasteiger partial charge in [-0.25, -0.2) is 0 Å². The van der Waals surface area contributed by atoms with Crippen LogP contribution in [0.15, 0.2) is 146 Å². The molecule has 1 aliphatic rings. The molecule has 0 saturated heterocycles. The number of hydrogen-bond acceptors (Lipinski definition) is 2. The topological polar surface area (TPSA) is 12.0 Å². The SMILES string of the molecule is CC1(C)c2ccccc2-c2c(-c3ccc(Nc4ccc(-c5cccc6c5sc5c7ccccc7ccc65)cc4)cc3)cccc21. The van der Waals surface area contributed by atoms with Gasteiger partial charge in [-0.1, -0.05) is 135 Å². The first kappa shape index (κ1) is 26.2. The van der Waals surface area contributed by atoms with E-state index in [0.29, 0.717) is 0 Å². The van der Waals surface area contributed by atoms with Crippen LogP contribution in [0.4, 0.5) is 11.4 Å². The molecule has 45 heavy (non-hydrogen) atoms. The van der Waals surface area contributed by atoms with Gasteiger partial charge in [-0.15, -0.1) is 11.3 Å². The molecule has 214 valence electrons. The van der Waals surface area contributed by atoms with Gasteiger partial charge in [-0.2, -0.15) is 0 Å². The van der Waals surface area contributed by atoms with Gasteiger partial charge in [0.15, 0.2) is 0 Å². The molecular formula is C43H31NS. The first-order valence-corrected chi connectivity index (χ1v) is 16.4. The van der Waals surface area contributed by atoms with Crippen molar-refractivity contribution in [1.29, 1.82) is 0 Å². The van der Waals surface area contributed by atoms with E-state index in [1.165, 1.54) is 75.5 Å². The number of benzene rings is 7. The fraction of sp³-hybridized carbons (Fsp3) is 0.0698. The van der Waals surface area contributed by atoms with Crippen LogP contribution in [0, 0.1) is 0 Å². The molecule has 0 aliphatic heterocycles. The van der Waals surface area contributed by atoms with Gasteiger partial charge in [-0.3, -0.25) is 0 Å². The van der Waals surface area contributed by atoms with E-state index >= 15 is 0 Å². The molecule has 0 spiro atoms. The highest BCUT2D eigenvalue weighted by atomic mass is 32.1. The van der Waals surface area contributed by atoms with Crippen molar-refractivity contribution in [2.24, 2.45) is 0 Å². The predicted octanol–water partition coefficient (Wildman–Crippen LogP) is 12.6. The Morgan fingerprint density at radius 2 is 1.02 bits per heavy atom. The Bertz CT molecular complexity index is 2410. The van der Waals surface area contributed by atoms with Crippen LogP contribution in [0.5, 0.6) is 0 Å². The molecule has 1 aliphatic carbocycles. The van der Waals surface area contributed by atoms with Gasteiger partial charge in [0.25, 0.3) is 0 Å². The maximum Gasteiger partial charge on any atom is 0.0434 e. The molecule has 0 bridgehead atoms. The Labute approximate surface area is 267 Å². The third-order valence-electron chi connectivity index (χ3n) is 9.68. The van der Waals surface area contributed by atoms with Crippen LogP contribution in [0.3, 0.4) is 0 Å². The minimum atomic E-state index is 0.00642. The summed E-state index contributed by atoms with van der Waals surface area (Å²) >= 11 is 1.91. The zero-order valence-corrected chi connectivity index (χ0v) is 26.1. The van der Waals surface area contributed by atoms with Crippen molar-refractivity contribution in [3.63, 3.8) is 0 Å². The van der Waals surface area contributed by atoms with Crippen molar-refractivity contribution in [3.05, 3.63) is 157 Å². The minimum absolute atomic E-state index is 0.00642. The molecule has 0 saturated carbocycles. The summed E-state index contributed by atoms with van der Waals surface area (Å²) in [5.74, 6) is 0. The molecule has 0 fully saturated rings. The van der Waals surface area contributed by atoms with Crippen molar-refractivity contribution in [2.45, 2.75) is 19.3 Å². The summed E-state index contributed by atoms with van der Waals surface area (Å²) in [5.41, 5.74) is 12.8. The molecule has 0 amide bonds. The van der Waals surface area contributed by atoms with Crippen LogP contribution >= 0.6 is 11.3 Å². The lowest BCUT2D eigenvalue weighted by Gasteiger charge is -2.21. The third kappa shape index (κ3) is 4.06. The van der Waals surface area contributed by atoms with E-state index in [4.69, 9.17) is 0 Å². The summed E-state index contributed by atoms with van der Waals surface area (Å²) in [6, 6.07) is 53.3. The zero-order valence-electron chi connectivity index (χ0n) is 25.3. The average Bonchev–Trinajstić information content (AvgIpc) is 3.59. The van der Waals surface area contributed by atoms with E-state index in [1.54, 1.807) is 0 Å². The minimum Gasteiger partial charge on any atom is -0.356 e. The summed E-state index contributed by atoms with van der Waals surface area (Å²) in [7, 11) is 0. The second kappa shape index (κ2) is 9.92. The van der Waals surface area contributed by atoms with Crippen molar-refractivity contribution < 1.29 is 0 Å². The van der Waals surface area contributed by atoms with Gasteiger partial charge in [0, 0.05) is 37.0 Å². The fourth-order valence-corrected chi connectivity index (χ4v) is 8.75. The summed E-state index contributed by atoms with van der Waals surface area (Å²) in [5, 5.41) is 8.92. The summed E-state index contributed by atoms with van der Waals surface area (Å²) in [6.07, 6.45) is 0.